The van der Waals surface area contributed by atoms with Gasteiger partial charge in [0.2, 0.25) is 0 Å². The SMILES string of the molecule is CC(C)Oc1ccc(S(=O)(=O)[C@H]2CS(=O)(=O)C[C@@H]2NCC(C)(C)N2CCCCC2)cc1. The Morgan fingerprint density at radius 3 is 2.29 bits per heavy atom. The number of nitrogens with one attached hydrogen (secondary N) is 1. The Morgan fingerprint density at radius 2 is 1.71 bits per heavy atom. The quantitative estimate of drug-likeness (QED) is 0.620. The summed E-state index contributed by atoms with van der Waals surface area (Å²) in [5, 5.41) is 2.32. The number of benzene rings is 1. The normalized spacial score (nSPS) is 25.1. The molecule has 2 saturated heterocycles. The van der Waals surface area contributed by atoms with Gasteiger partial charge in [0.05, 0.1) is 27.8 Å². The predicted molar refractivity (Wildman–Crippen MR) is 123 cm³/mol. The van der Waals surface area contributed by atoms with Crippen LogP contribution in [0.1, 0.15) is 47.0 Å². The van der Waals surface area contributed by atoms with Gasteiger partial charge >= 0.3 is 0 Å². The molecule has 1 aromatic carbocycles. The van der Waals surface area contributed by atoms with E-state index in [9.17, 15) is 16.8 Å². The van der Waals surface area contributed by atoms with E-state index >= 15 is 0 Å². The molecule has 0 aliphatic carbocycles. The molecule has 0 amide bonds. The molecular weight excluding hydrogens is 436 g/mol. The van der Waals surface area contributed by atoms with Crippen LogP contribution in [0.2, 0.25) is 0 Å². The van der Waals surface area contributed by atoms with Gasteiger partial charge in [0.1, 0.15) is 5.75 Å². The van der Waals surface area contributed by atoms with Gasteiger partial charge in [-0.1, -0.05) is 6.42 Å². The van der Waals surface area contributed by atoms with Gasteiger partial charge in [-0.3, -0.25) is 4.90 Å². The molecule has 0 saturated carbocycles. The van der Waals surface area contributed by atoms with Crippen LogP contribution in [0.5, 0.6) is 5.75 Å². The summed E-state index contributed by atoms with van der Waals surface area (Å²) in [5.41, 5.74) is -0.170. The molecule has 1 aromatic rings. The number of hydrogen-bond donors (Lipinski definition) is 1. The first-order valence-electron chi connectivity index (χ1n) is 11.1. The van der Waals surface area contributed by atoms with Crippen LogP contribution in [0.4, 0.5) is 0 Å². The Bertz CT molecular complexity index is 950. The zero-order valence-electron chi connectivity index (χ0n) is 19.0. The zero-order chi connectivity index (χ0) is 22.9. The van der Waals surface area contributed by atoms with Crippen molar-refractivity contribution in [3.8, 4) is 5.75 Å². The number of piperidine rings is 1. The number of likely N-dealkylation sites (tertiary alicyclic amines) is 1. The number of sulfone groups is 2. The molecule has 2 fully saturated rings. The van der Waals surface area contributed by atoms with Crippen LogP contribution >= 0.6 is 0 Å². The van der Waals surface area contributed by atoms with E-state index in [1.165, 1.54) is 18.6 Å². The fourth-order valence-electron chi connectivity index (χ4n) is 4.46. The van der Waals surface area contributed by atoms with Crippen molar-refractivity contribution in [1.29, 1.82) is 0 Å². The molecule has 0 spiro atoms. The second kappa shape index (κ2) is 9.37. The Balaban J connectivity index is 1.76. The van der Waals surface area contributed by atoms with Crippen LogP contribution in [0.25, 0.3) is 0 Å². The minimum atomic E-state index is -3.81. The Morgan fingerprint density at radius 1 is 1.10 bits per heavy atom. The van der Waals surface area contributed by atoms with Crippen molar-refractivity contribution in [1.82, 2.24) is 10.2 Å². The van der Waals surface area contributed by atoms with E-state index in [0.717, 1.165) is 25.9 Å². The Kier molecular flexibility index (Phi) is 7.40. The molecule has 2 atom stereocenters. The van der Waals surface area contributed by atoms with Gasteiger partial charge in [-0.2, -0.15) is 0 Å². The molecule has 1 N–H and O–H groups in total. The highest BCUT2D eigenvalue weighted by Crippen LogP contribution is 2.28. The molecule has 0 bridgehead atoms. The lowest BCUT2D eigenvalue weighted by atomic mass is 9.98. The molecule has 176 valence electrons. The maximum Gasteiger partial charge on any atom is 0.183 e. The third kappa shape index (κ3) is 6.00. The first-order chi connectivity index (χ1) is 14.4. The molecule has 7 nitrogen and oxygen atoms in total. The van der Waals surface area contributed by atoms with E-state index in [-0.39, 0.29) is 28.0 Å². The number of nitrogens with zero attached hydrogens (tertiary/aromatic N) is 1. The van der Waals surface area contributed by atoms with E-state index in [0.29, 0.717) is 12.3 Å². The summed E-state index contributed by atoms with van der Waals surface area (Å²) >= 11 is 0. The van der Waals surface area contributed by atoms with Gasteiger partial charge in [-0.15, -0.1) is 0 Å². The van der Waals surface area contributed by atoms with Crippen molar-refractivity contribution in [3.05, 3.63) is 24.3 Å². The number of ether oxygens (including phenoxy) is 1. The highest BCUT2D eigenvalue weighted by Gasteiger charge is 2.46. The van der Waals surface area contributed by atoms with Crippen molar-refractivity contribution < 1.29 is 21.6 Å². The van der Waals surface area contributed by atoms with Gasteiger partial charge in [0, 0.05) is 18.1 Å². The lowest BCUT2D eigenvalue weighted by Gasteiger charge is -2.42. The van der Waals surface area contributed by atoms with Crippen molar-refractivity contribution in [2.45, 2.75) is 74.8 Å². The largest absolute Gasteiger partial charge is 0.491 e. The van der Waals surface area contributed by atoms with Crippen LogP contribution in [-0.4, -0.2) is 75.8 Å². The first-order valence-corrected chi connectivity index (χ1v) is 14.5. The maximum atomic E-state index is 13.3. The average molecular weight is 473 g/mol. The molecular formula is C22H36N2O5S2. The average Bonchev–Trinajstić information content (AvgIpc) is 3.03. The molecule has 0 radical (unpaired) electrons. The fourth-order valence-corrected chi connectivity index (χ4v) is 9.18. The number of rotatable bonds is 8. The second-order valence-electron chi connectivity index (χ2n) is 9.65. The van der Waals surface area contributed by atoms with Crippen LogP contribution < -0.4 is 10.1 Å². The van der Waals surface area contributed by atoms with E-state index in [1.807, 2.05) is 13.8 Å². The second-order valence-corrected chi connectivity index (χ2v) is 14.0. The van der Waals surface area contributed by atoms with Gasteiger partial charge in [0.25, 0.3) is 0 Å². The van der Waals surface area contributed by atoms with Gasteiger partial charge in [-0.25, -0.2) is 16.8 Å². The third-order valence-corrected chi connectivity index (χ3v) is 10.4. The molecule has 0 unspecified atom stereocenters. The predicted octanol–water partition coefficient (Wildman–Crippen LogP) is 2.27. The summed E-state index contributed by atoms with van der Waals surface area (Å²) in [7, 11) is -7.24. The molecule has 31 heavy (non-hydrogen) atoms. The molecule has 2 aliphatic heterocycles. The van der Waals surface area contributed by atoms with E-state index in [2.05, 4.69) is 24.1 Å². The topological polar surface area (TPSA) is 92.8 Å². The van der Waals surface area contributed by atoms with Crippen LogP contribution in [-0.2, 0) is 19.7 Å². The zero-order valence-corrected chi connectivity index (χ0v) is 20.6. The van der Waals surface area contributed by atoms with Crippen molar-refractivity contribution >= 4 is 19.7 Å². The molecule has 0 aromatic heterocycles. The van der Waals surface area contributed by atoms with Crippen molar-refractivity contribution in [2.75, 3.05) is 31.1 Å². The smallest absolute Gasteiger partial charge is 0.183 e. The standard InChI is InChI=1S/C22H36N2O5S2/c1-17(2)29-18-8-10-19(11-9-18)31(27,28)21-15-30(25,26)14-20(21)23-16-22(3,4)24-12-6-5-7-13-24/h8-11,17,20-21,23H,5-7,12-16H2,1-4H3/t20-,21-/m0/s1. The minimum absolute atomic E-state index is 0.0146. The summed E-state index contributed by atoms with van der Waals surface area (Å²) < 4.78 is 57.1. The van der Waals surface area contributed by atoms with Gasteiger partial charge in [-0.05, 0) is 77.9 Å². The van der Waals surface area contributed by atoms with Crippen LogP contribution in [0, 0.1) is 0 Å². The Labute approximate surface area is 187 Å². The van der Waals surface area contributed by atoms with Crippen LogP contribution in [0.3, 0.4) is 0 Å². The molecule has 2 heterocycles. The highest BCUT2D eigenvalue weighted by molar-refractivity contribution is 7.96. The summed E-state index contributed by atoms with van der Waals surface area (Å²) in [6, 6.07) is 5.64. The molecule has 3 rings (SSSR count). The fraction of sp³-hybridized carbons (Fsp3) is 0.727. The maximum absolute atomic E-state index is 13.3. The molecule has 9 heteroatoms. The van der Waals surface area contributed by atoms with E-state index < -0.39 is 31.0 Å². The summed E-state index contributed by atoms with van der Waals surface area (Å²) in [6.45, 7) is 10.6. The lowest BCUT2D eigenvalue weighted by molar-refractivity contribution is 0.0925. The summed E-state index contributed by atoms with van der Waals surface area (Å²) in [4.78, 5) is 2.54. The first kappa shape index (κ1) is 24.5. The van der Waals surface area contributed by atoms with Gasteiger partial charge in [0.15, 0.2) is 19.7 Å². The van der Waals surface area contributed by atoms with Crippen LogP contribution in [0.15, 0.2) is 29.2 Å². The minimum Gasteiger partial charge on any atom is -0.491 e. The van der Waals surface area contributed by atoms with E-state index in [4.69, 9.17) is 4.74 Å². The van der Waals surface area contributed by atoms with Crippen molar-refractivity contribution in [2.24, 2.45) is 0 Å². The molecule has 2 aliphatic rings. The monoisotopic (exact) mass is 472 g/mol. The number of hydrogen-bond acceptors (Lipinski definition) is 7. The van der Waals surface area contributed by atoms with Crippen molar-refractivity contribution in [3.63, 3.8) is 0 Å². The summed E-state index contributed by atoms with van der Waals surface area (Å²) in [6.07, 6.45) is 3.55. The highest BCUT2D eigenvalue weighted by atomic mass is 32.2. The summed E-state index contributed by atoms with van der Waals surface area (Å²) in [5.74, 6) is 0.0917. The Hall–Kier alpha value is -1.16. The lowest BCUT2D eigenvalue weighted by Crippen LogP contribution is -2.56. The van der Waals surface area contributed by atoms with E-state index in [1.54, 1.807) is 12.1 Å². The third-order valence-electron chi connectivity index (χ3n) is 6.23. The van der Waals surface area contributed by atoms with Gasteiger partial charge < -0.3 is 10.1 Å².